The van der Waals surface area contributed by atoms with Crippen molar-refractivity contribution in [2.24, 2.45) is 34.1 Å². The first kappa shape index (κ1) is 66.8. The Kier molecular flexibility index (Phi) is 25.6. The molecule has 1 N–H and O–H groups in total. The number of aliphatic carboxylic acids is 5. The number of H-pyrrole nitrogens is 1. The van der Waals surface area contributed by atoms with E-state index in [1.54, 1.807) is 0 Å². The van der Waals surface area contributed by atoms with Gasteiger partial charge in [0.2, 0.25) is 0 Å². The number of hydrogen-bond donors (Lipinski definition) is 1. The fraction of sp³-hybridized carbons (Fsp3) is 0.230. The first-order chi connectivity index (χ1) is 38.1. The zero-order chi connectivity index (χ0) is 60.1. The van der Waals surface area contributed by atoms with Gasteiger partial charge in [-0.1, -0.05) is 12.1 Å². The maximum absolute atomic E-state index is 12.9. The Hall–Kier alpha value is -9.43. The molecule has 0 fully saturated rings. The van der Waals surface area contributed by atoms with Gasteiger partial charge in [0.25, 0.3) is 0 Å². The molecule has 0 saturated heterocycles. The van der Waals surface area contributed by atoms with Crippen LogP contribution in [0.5, 0.6) is 0 Å². The topological polar surface area (TPSA) is 300 Å². The first-order valence-corrected chi connectivity index (χ1v) is 25.1. The number of allylic oxidation sites excluding steroid dienone is 12. The minimum Gasteiger partial charge on any atom is -0.862 e. The van der Waals surface area contributed by atoms with Crippen molar-refractivity contribution in [3.8, 4) is 0 Å². The number of fused-ring (bicyclic) bond motifs is 5. The van der Waals surface area contributed by atoms with E-state index in [0.29, 0.717) is 12.1 Å². The quantitative estimate of drug-likeness (QED) is 0.0838. The van der Waals surface area contributed by atoms with Crippen molar-refractivity contribution in [3.05, 3.63) is 197 Å². The van der Waals surface area contributed by atoms with Gasteiger partial charge in [0, 0.05) is 114 Å². The molecule has 0 unspecified atom stereocenters. The number of hydrogen-bond acceptors (Lipinski definition) is 16. The summed E-state index contributed by atoms with van der Waals surface area (Å²) in [5.41, 5.74) is 15.1. The van der Waals surface area contributed by atoms with Crippen molar-refractivity contribution in [2.45, 2.75) is 47.5 Å². The summed E-state index contributed by atoms with van der Waals surface area (Å²) in [6.45, 7) is 5.77. The number of benzene rings is 1. The molecule has 0 amide bonds. The molecule has 9 rings (SSSR count). The molecule has 8 heterocycles. The molecule has 20 nitrogen and oxygen atoms in total. The Balaban J connectivity index is 0.000000730. The second-order valence-corrected chi connectivity index (χ2v) is 19.3. The number of quaternary nitrogens is 1. The van der Waals surface area contributed by atoms with Crippen LogP contribution in [0.3, 0.4) is 0 Å². The van der Waals surface area contributed by atoms with Crippen LogP contribution in [0.15, 0.2) is 189 Å². The number of carbonyl (C=O) groups is 5. The standard InChI is InChI=1S/C51H49N9O.5C2H4O2.Mn/c1-57-27-21-35(22-28-57)49-41-15-13-39(53-41)48(34-9-11-38(12-10-34)52-47(61)8-7-33-60(4,5)6)40-14-16-42(54-40)50(36-23-29-58(2)30-24-36)44-18-20-46(56-44)51(45-19-17-43(49)55-45)37-25-31-59(3)32-26-37;5*1-2(3)4;/h9-32H,7-8,33H2,1-6H3,(H-,52,53,54,55,56,61);5*1H3,(H,3,4);/q+2;;;;;;+3/p-5. The molecule has 0 radical (unpaired) electrons. The average Bonchev–Trinajstić information content (AvgIpc) is 4.31. The molecule has 4 aromatic rings. The Morgan fingerprint density at radius 3 is 1.23 bits per heavy atom. The second kappa shape index (κ2) is 31.4. The number of nitrogens with zero attached hydrogens (tertiary/aromatic N) is 8. The third-order valence-corrected chi connectivity index (χ3v) is 11.1. The van der Waals surface area contributed by atoms with E-state index >= 15 is 0 Å². The number of aryl methyl sites for hydroxylation is 2. The summed E-state index contributed by atoms with van der Waals surface area (Å²) in [6, 6.07) is 20.6. The van der Waals surface area contributed by atoms with Crippen molar-refractivity contribution >= 4 is 80.9 Å². The van der Waals surface area contributed by atoms with Crippen LogP contribution in [0.25, 0.3) is 22.3 Å². The molecule has 0 spiro atoms. The van der Waals surface area contributed by atoms with Crippen molar-refractivity contribution in [3.63, 3.8) is 0 Å². The smallest absolute Gasteiger partial charge is 0.862 e. The van der Waals surface area contributed by atoms with Crippen LogP contribution in [0.2, 0.25) is 0 Å². The molecular formula is C61H64MnN9O11. The molecule has 8 bridgehead atoms. The number of carbonyl (C=O) groups excluding carboxylic acids is 5. The zero-order valence-corrected chi connectivity index (χ0v) is 48.6. The van der Waals surface area contributed by atoms with E-state index < -0.39 is 29.8 Å². The van der Waals surface area contributed by atoms with Crippen LogP contribution >= 0.6 is 0 Å². The number of aliphatic imine (C=N–C) groups is 4. The van der Waals surface area contributed by atoms with Gasteiger partial charge in [-0.3, -0.25) is 4.99 Å². The number of aromatic amines is 1. The van der Waals surface area contributed by atoms with Crippen LogP contribution in [-0.2, 0) is 55.1 Å². The van der Waals surface area contributed by atoms with Gasteiger partial charge in [0.1, 0.15) is 14.1 Å². The molecule has 0 atom stereocenters. The molecule has 5 aliphatic rings. The molecule has 3 aromatic heterocycles. The van der Waals surface area contributed by atoms with E-state index in [-0.39, 0.29) is 23.0 Å². The van der Waals surface area contributed by atoms with Crippen molar-refractivity contribution in [1.82, 2.24) is 9.88 Å². The minimum atomic E-state index is -1.08. The van der Waals surface area contributed by atoms with E-state index in [9.17, 15) is 5.11 Å². The predicted octanol–water partition coefficient (Wildman–Crippen LogP) is 0.673. The largest absolute Gasteiger partial charge is 3.00 e. The Labute approximate surface area is 487 Å². The summed E-state index contributed by atoms with van der Waals surface area (Å²) in [5, 5.41) is 57.3. The fourth-order valence-electron chi connectivity index (χ4n) is 7.96. The van der Waals surface area contributed by atoms with Gasteiger partial charge in [-0.2, -0.15) is 0 Å². The van der Waals surface area contributed by atoms with E-state index in [1.807, 2.05) is 71.8 Å². The maximum atomic E-state index is 12.9. The van der Waals surface area contributed by atoms with E-state index in [0.717, 1.165) is 142 Å². The summed E-state index contributed by atoms with van der Waals surface area (Å²) < 4.78 is 4.87. The Morgan fingerprint density at radius 1 is 0.512 bits per heavy atom. The Bertz CT molecular complexity index is 3330. The molecule has 0 saturated carbocycles. The summed E-state index contributed by atoms with van der Waals surface area (Å²) in [5.74, 6) is -5.53. The van der Waals surface area contributed by atoms with Crippen LogP contribution in [0.4, 0.5) is 5.69 Å². The minimum absolute atomic E-state index is 0. The van der Waals surface area contributed by atoms with Crippen molar-refractivity contribution in [2.75, 3.05) is 34.7 Å². The maximum Gasteiger partial charge on any atom is 3.00 e. The molecule has 426 valence electrons. The van der Waals surface area contributed by atoms with Gasteiger partial charge in [-0.25, -0.2) is 24.1 Å². The van der Waals surface area contributed by atoms with E-state index in [4.69, 9.17) is 64.5 Å². The predicted molar refractivity (Wildman–Crippen MR) is 298 cm³/mol. The summed E-state index contributed by atoms with van der Waals surface area (Å²) in [6.07, 6.45) is 30.3. The SMILES string of the molecule is CC(=O)[O-].CC(=O)[O-].CC(=O)[O-].CC(=O)[O-].CC(=O)[O-].CN1C=CC(=C2C3=NC(=C(c4cc[n+](C)cc4)C4=NC(=C(c5cc[n+](C)cc5)C5=NC(=C(c6ccc(N=C([O-])CCC[N+](C)(C)C)cc6)c6ccc2[nH]6)C=C5)C=C4)C=C3)C=C1.[Mn+3]. The van der Waals surface area contributed by atoms with Gasteiger partial charge in [0.05, 0.1) is 67.6 Å². The summed E-state index contributed by atoms with van der Waals surface area (Å²) in [7, 11) is 12.5. The van der Waals surface area contributed by atoms with Crippen LogP contribution in [-0.4, -0.2) is 102 Å². The monoisotopic (exact) mass is 1150 g/mol. The normalized spacial score (nSPS) is 14.5. The summed E-state index contributed by atoms with van der Waals surface area (Å²) >= 11 is 0. The number of nitrogens with one attached hydrogen (secondary N) is 1. The van der Waals surface area contributed by atoms with E-state index in [1.165, 1.54) is 0 Å². The van der Waals surface area contributed by atoms with Crippen LogP contribution in [0, 0.1) is 0 Å². The number of carboxylic acid groups (broad SMARTS) is 5. The van der Waals surface area contributed by atoms with Crippen molar-refractivity contribution < 1.29 is 85.3 Å². The summed E-state index contributed by atoms with van der Waals surface area (Å²) in [4.78, 5) is 70.9. The van der Waals surface area contributed by atoms with Gasteiger partial charge >= 0.3 is 17.1 Å². The molecule has 82 heavy (non-hydrogen) atoms. The fourth-order valence-corrected chi connectivity index (χ4v) is 7.96. The number of rotatable bonds is 8. The molecule has 0 aliphatic carbocycles. The molecular weight excluding hydrogens is 1090 g/mol. The van der Waals surface area contributed by atoms with Crippen molar-refractivity contribution in [1.29, 1.82) is 0 Å². The van der Waals surface area contributed by atoms with Gasteiger partial charge < -0.3 is 69.0 Å². The van der Waals surface area contributed by atoms with Gasteiger partial charge in [-0.15, -0.1) is 0 Å². The van der Waals surface area contributed by atoms with Gasteiger partial charge in [0.15, 0.2) is 24.8 Å². The zero-order valence-electron chi connectivity index (χ0n) is 47.4. The average molecular weight is 1150 g/mol. The number of pyridine rings is 2. The number of aromatic nitrogens is 3. The third-order valence-electron chi connectivity index (χ3n) is 11.1. The second-order valence-electron chi connectivity index (χ2n) is 19.3. The molecule has 1 aromatic carbocycles. The van der Waals surface area contributed by atoms with Crippen LogP contribution < -0.4 is 39.8 Å². The van der Waals surface area contributed by atoms with Crippen LogP contribution in [0.1, 0.15) is 75.5 Å². The molecule has 21 heteroatoms. The Morgan fingerprint density at radius 2 is 0.854 bits per heavy atom. The van der Waals surface area contributed by atoms with E-state index in [2.05, 4.69) is 141 Å². The molecule has 5 aliphatic heterocycles. The third kappa shape index (κ3) is 21.7. The number of carboxylic acids is 5. The first-order valence-electron chi connectivity index (χ1n) is 25.1. The van der Waals surface area contributed by atoms with Gasteiger partial charge in [-0.05, 0) is 142 Å².